The third-order valence-electron chi connectivity index (χ3n) is 6.06. The molecular weight excluding hydrogens is 654 g/mol. The number of nitrogens with two attached hydrogens (primary N) is 3. The lowest BCUT2D eigenvalue weighted by molar-refractivity contribution is -0.141. The van der Waals surface area contributed by atoms with Gasteiger partial charge in [0, 0.05) is 64.8 Å². The maximum absolute atomic E-state index is 11.2. The fourth-order valence-corrected chi connectivity index (χ4v) is 3.18. The van der Waals surface area contributed by atoms with Gasteiger partial charge in [0.25, 0.3) is 0 Å². The van der Waals surface area contributed by atoms with Gasteiger partial charge in [-0.3, -0.25) is 28.8 Å². The summed E-state index contributed by atoms with van der Waals surface area (Å²) in [6, 6.07) is -2.97. The summed E-state index contributed by atoms with van der Waals surface area (Å²) in [7, 11) is 0. The van der Waals surface area contributed by atoms with Crippen molar-refractivity contribution in [2.75, 3.05) is 39.6 Å². The summed E-state index contributed by atoms with van der Waals surface area (Å²) < 4.78 is 15.1. The molecule has 15 nitrogen and oxygen atoms in total. The van der Waals surface area contributed by atoms with Crippen LogP contribution in [-0.4, -0.2) is 108 Å². The van der Waals surface area contributed by atoms with Crippen molar-refractivity contribution >= 4 is 35.3 Å². The molecule has 0 aliphatic carbocycles. The Labute approximate surface area is 298 Å². The van der Waals surface area contributed by atoms with Crippen molar-refractivity contribution in [3.63, 3.8) is 0 Å². The quantitative estimate of drug-likeness (QED) is 0.0368. The minimum Gasteiger partial charge on any atom is -0.480 e. The summed E-state index contributed by atoms with van der Waals surface area (Å²) >= 11 is 0. The van der Waals surface area contributed by atoms with Crippen molar-refractivity contribution in [1.82, 2.24) is 0 Å². The van der Waals surface area contributed by atoms with E-state index in [1.165, 1.54) is 0 Å². The van der Waals surface area contributed by atoms with E-state index in [1.807, 2.05) is 6.92 Å². The molecule has 0 aromatic heterocycles. The summed E-state index contributed by atoms with van der Waals surface area (Å²) in [5, 5.41) is 25.4. The molecule has 3 atom stereocenters. The molecule has 0 aromatic rings. The number of allylic oxidation sites excluding steroid dienone is 1. The lowest BCUT2D eigenvalue weighted by Gasteiger charge is -2.07. The van der Waals surface area contributed by atoms with Crippen LogP contribution in [-0.2, 0) is 43.0 Å². The number of aliphatic carboxylic acids is 3. The highest BCUT2D eigenvalue weighted by atomic mass is 16.5. The van der Waals surface area contributed by atoms with Crippen LogP contribution in [0.4, 0.5) is 0 Å². The zero-order chi connectivity index (χ0) is 37.2. The molecule has 0 radical (unpaired) electrons. The number of rotatable bonds is 29. The summed E-state index contributed by atoms with van der Waals surface area (Å²) in [5.74, 6) is -0.334. The first-order valence-electron chi connectivity index (χ1n) is 16.0. The van der Waals surface area contributed by atoms with Gasteiger partial charge in [-0.25, -0.2) is 0 Å². The molecule has 0 spiro atoms. The largest absolute Gasteiger partial charge is 0.480 e. The molecule has 9 N–H and O–H groups in total. The van der Waals surface area contributed by atoms with E-state index in [0.29, 0.717) is 90.4 Å². The first-order chi connectivity index (χ1) is 22.7. The molecule has 0 rings (SSSR count). The van der Waals surface area contributed by atoms with Crippen LogP contribution >= 0.6 is 0 Å². The van der Waals surface area contributed by atoms with Crippen molar-refractivity contribution in [1.29, 1.82) is 0 Å². The topological polar surface area (TPSA) is 269 Å². The maximum Gasteiger partial charge on any atom is 0.322 e. The fourth-order valence-electron chi connectivity index (χ4n) is 3.18. The highest BCUT2D eigenvalue weighted by Gasteiger charge is 2.12. The van der Waals surface area contributed by atoms with Gasteiger partial charge in [-0.15, -0.1) is 18.9 Å². The summed E-state index contributed by atoms with van der Waals surface area (Å²) in [6.45, 7) is 6.61. The third kappa shape index (κ3) is 42.5. The molecule has 0 fully saturated rings. The predicted octanol–water partition coefficient (Wildman–Crippen LogP) is 3.13. The van der Waals surface area contributed by atoms with Gasteiger partial charge in [-0.1, -0.05) is 34.3 Å². The summed E-state index contributed by atoms with van der Waals surface area (Å²) in [5.41, 5.74) is 15.7. The van der Waals surface area contributed by atoms with Crippen molar-refractivity contribution in [2.45, 2.75) is 123 Å². The van der Waals surface area contributed by atoms with Crippen molar-refractivity contribution < 1.29 is 58.3 Å². The van der Waals surface area contributed by atoms with Gasteiger partial charge in [0.1, 0.15) is 35.5 Å². The van der Waals surface area contributed by atoms with E-state index < -0.39 is 36.0 Å². The van der Waals surface area contributed by atoms with Gasteiger partial charge < -0.3 is 46.7 Å². The average molecular weight is 720 g/mol. The second-order valence-corrected chi connectivity index (χ2v) is 10.6. The first kappa shape index (κ1) is 55.9. The van der Waals surface area contributed by atoms with E-state index in [4.69, 9.17) is 53.2 Å². The Bertz CT molecular complexity index is 969. The van der Waals surface area contributed by atoms with Crippen LogP contribution in [0.5, 0.6) is 0 Å². The van der Waals surface area contributed by atoms with E-state index in [0.717, 1.165) is 12.8 Å². The van der Waals surface area contributed by atoms with Gasteiger partial charge >= 0.3 is 17.9 Å². The molecule has 0 bridgehead atoms. The van der Waals surface area contributed by atoms with E-state index in [2.05, 4.69) is 12.5 Å². The SMILES string of the molecule is C.C.C#CCCC(=O)CCCOC[C@H](N)C(=O)O.C=CCCC(=O)CCCOC[C@H](N)C(=O)O.CCCCC(=O)CCCOC[C@H](N)C(=O)O. The number of ketones is 3. The lowest BCUT2D eigenvalue weighted by atomic mass is 10.1. The molecule has 0 heterocycles. The molecule has 0 saturated heterocycles. The molecular formula is C35H65N3O12. The highest BCUT2D eigenvalue weighted by molar-refractivity contribution is 5.79. The van der Waals surface area contributed by atoms with Gasteiger partial charge in [-0.05, 0) is 32.1 Å². The van der Waals surface area contributed by atoms with Crippen molar-refractivity contribution in [3.8, 4) is 12.3 Å². The standard InChI is InChI=1S/C11H21NO4.C11H19NO4.C11H17NO4.2CH4/c3*1-2-3-5-9(13)6-4-7-16-8-10(12)11(14)15;;/h10H,2-8,12H2,1H3,(H,14,15);2,10H,1,3-8,12H2,(H,14,15);1,10H,3-8,12H2,(H,14,15);2*1H4/t3*10-;;/m000../s1. The second kappa shape index (κ2) is 39.9. The predicted molar refractivity (Wildman–Crippen MR) is 192 cm³/mol. The number of carbonyl (C=O) groups excluding carboxylic acids is 3. The Balaban J connectivity index is -0.000000199. The second-order valence-electron chi connectivity index (χ2n) is 10.6. The fraction of sp³-hybridized carbons (Fsp3) is 0.714. The smallest absolute Gasteiger partial charge is 0.322 e. The maximum atomic E-state index is 11.2. The number of carbonyl (C=O) groups is 6. The molecule has 0 aliphatic rings. The monoisotopic (exact) mass is 719 g/mol. The molecule has 50 heavy (non-hydrogen) atoms. The average Bonchev–Trinajstić information content (AvgIpc) is 3.04. The molecule has 0 unspecified atom stereocenters. The Morgan fingerprint density at radius 2 is 0.960 bits per heavy atom. The Morgan fingerprint density at radius 3 is 1.26 bits per heavy atom. The van der Waals surface area contributed by atoms with E-state index >= 15 is 0 Å². The lowest BCUT2D eigenvalue weighted by Crippen LogP contribution is -2.35. The molecule has 15 heteroatoms. The Morgan fingerprint density at radius 1 is 0.640 bits per heavy atom. The van der Waals surface area contributed by atoms with E-state index in [-0.39, 0.29) is 52.0 Å². The molecule has 0 aromatic carbocycles. The number of hydrogen-bond acceptors (Lipinski definition) is 12. The molecule has 292 valence electrons. The molecule has 0 aliphatic heterocycles. The van der Waals surface area contributed by atoms with E-state index in [9.17, 15) is 28.8 Å². The molecule has 0 amide bonds. The van der Waals surface area contributed by atoms with Crippen LogP contribution in [0, 0.1) is 12.3 Å². The normalized spacial score (nSPS) is 11.6. The summed E-state index contributed by atoms with van der Waals surface area (Å²) in [6.07, 6.45) is 14.5. The highest BCUT2D eigenvalue weighted by Crippen LogP contribution is 2.02. The van der Waals surface area contributed by atoms with Crippen LogP contribution in [0.15, 0.2) is 12.7 Å². The summed E-state index contributed by atoms with van der Waals surface area (Å²) in [4.78, 5) is 64.5. The number of terminal acetylenes is 1. The van der Waals surface area contributed by atoms with E-state index in [1.54, 1.807) is 6.08 Å². The number of Topliss-reactive ketones (excluding diaryl/α,β-unsaturated/α-hetero) is 3. The number of carboxylic acids is 3. The van der Waals surface area contributed by atoms with Crippen LogP contribution in [0.1, 0.15) is 105 Å². The number of carboxylic acid groups (broad SMARTS) is 3. The van der Waals surface area contributed by atoms with Gasteiger partial charge in [-0.2, -0.15) is 0 Å². The van der Waals surface area contributed by atoms with Gasteiger partial charge in [0.05, 0.1) is 19.8 Å². The number of hydrogen-bond donors (Lipinski definition) is 6. The zero-order valence-electron chi connectivity index (χ0n) is 28.3. The van der Waals surface area contributed by atoms with Crippen LogP contribution in [0.3, 0.4) is 0 Å². The zero-order valence-corrected chi connectivity index (χ0v) is 28.3. The van der Waals surface area contributed by atoms with Gasteiger partial charge in [0.2, 0.25) is 0 Å². The van der Waals surface area contributed by atoms with Crippen LogP contribution < -0.4 is 17.2 Å². The Hall–Kier alpha value is -3.52. The van der Waals surface area contributed by atoms with Crippen molar-refractivity contribution in [3.05, 3.63) is 12.7 Å². The number of ether oxygens (including phenoxy) is 3. The first-order valence-corrected chi connectivity index (χ1v) is 16.0. The molecule has 0 saturated carbocycles. The van der Waals surface area contributed by atoms with Gasteiger partial charge in [0.15, 0.2) is 0 Å². The minimum absolute atomic E-state index is 0. The Kier molecular flexibility index (Phi) is 44.6. The van der Waals surface area contributed by atoms with Crippen LogP contribution in [0.2, 0.25) is 0 Å². The number of unbranched alkanes of at least 4 members (excludes halogenated alkanes) is 1. The van der Waals surface area contributed by atoms with Crippen LogP contribution in [0.25, 0.3) is 0 Å². The third-order valence-corrected chi connectivity index (χ3v) is 6.06. The van der Waals surface area contributed by atoms with Crippen molar-refractivity contribution in [2.24, 2.45) is 17.2 Å². The minimum atomic E-state index is -1.09.